The van der Waals surface area contributed by atoms with Crippen LogP contribution in [0.4, 0.5) is 10.1 Å². The molecule has 0 amide bonds. The number of halogens is 1. The molecule has 1 aromatic carbocycles. The molecule has 2 aliphatic heterocycles. The van der Waals surface area contributed by atoms with Crippen molar-refractivity contribution < 1.29 is 9.13 Å². The van der Waals surface area contributed by atoms with Gasteiger partial charge in [-0.05, 0) is 37.9 Å². The van der Waals surface area contributed by atoms with Gasteiger partial charge in [-0.3, -0.25) is 4.90 Å². The highest BCUT2D eigenvalue weighted by atomic mass is 19.1. The SMILES string of the molecule is CCC1CN2CCCCC2CN1c1ccc(F)cc1OC. The molecule has 0 aliphatic carbocycles. The van der Waals surface area contributed by atoms with Crippen LogP contribution in [-0.2, 0) is 0 Å². The molecule has 3 rings (SSSR count). The molecule has 116 valence electrons. The fourth-order valence-electron chi connectivity index (χ4n) is 3.79. The first-order chi connectivity index (χ1) is 10.2. The van der Waals surface area contributed by atoms with Crippen molar-refractivity contribution in [1.82, 2.24) is 4.90 Å². The largest absolute Gasteiger partial charge is 0.494 e. The monoisotopic (exact) mass is 292 g/mol. The molecule has 3 nitrogen and oxygen atoms in total. The summed E-state index contributed by atoms with van der Waals surface area (Å²) in [7, 11) is 1.62. The molecular weight excluding hydrogens is 267 g/mol. The number of ether oxygens (including phenoxy) is 1. The molecule has 0 bridgehead atoms. The average molecular weight is 292 g/mol. The fourth-order valence-corrected chi connectivity index (χ4v) is 3.79. The van der Waals surface area contributed by atoms with E-state index in [0.717, 1.165) is 25.2 Å². The second-order valence-corrected chi connectivity index (χ2v) is 6.18. The molecule has 0 aromatic heterocycles. The lowest BCUT2D eigenvalue weighted by molar-refractivity contribution is 0.110. The zero-order valence-corrected chi connectivity index (χ0v) is 13.0. The van der Waals surface area contributed by atoms with Gasteiger partial charge in [0.2, 0.25) is 0 Å². The maximum absolute atomic E-state index is 13.4. The molecule has 2 fully saturated rings. The van der Waals surface area contributed by atoms with E-state index in [1.807, 2.05) is 6.07 Å². The Balaban J connectivity index is 1.88. The summed E-state index contributed by atoms with van der Waals surface area (Å²) in [5.74, 6) is 0.415. The summed E-state index contributed by atoms with van der Waals surface area (Å²) in [4.78, 5) is 5.08. The maximum atomic E-state index is 13.4. The van der Waals surface area contributed by atoms with Crippen molar-refractivity contribution in [2.75, 3.05) is 31.6 Å². The van der Waals surface area contributed by atoms with Gasteiger partial charge in [-0.1, -0.05) is 13.3 Å². The summed E-state index contributed by atoms with van der Waals surface area (Å²) in [5, 5.41) is 0. The second kappa shape index (κ2) is 6.22. The van der Waals surface area contributed by atoms with Gasteiger partial charge in [-0.25, -0.2) is 4.39 Å². The van der Waals surface area contributed by atoms with Crippen LogP contribution in [0.15, 0.2) is 18.2 Å². The highest BCUT2D eigenvalue weighted by Gasteiger charge is 2.35. The third-order valence-electron chi connectivity index (χ3n) is 4.96. The van der Waals surface area contributed by atoms with Crippen LogP contribution >= 0.6 is 0 Å². The van der Waals surface area contributed by atoms with Gasteiger partial charge < -0.3 is 9.64 Å². The summed E-state index contributed by atoms with van der Waals surface area (Å²) >= 11 is 0. The Hall–Kier alpha value is -1.29. The number of methoxy groups -OCH3 is 1. The van der Waals surface area contributed by atoms with E-state index in [9.17, 15) is 4.39 Å². The van der Waals surface area contributed by atoms with Gasteiger partial charge in [0.05, 0.1) is 12.8 Å². The summed E-state index contributed by atoms with van der Waals surface area (Å²) in [5.41, 5.74) is 1.04. The maximum Gasteiger partial charge on any atom is 0.145 e. The molecular formula is C17H25FN2O. The Bertz CT molecular complexity index is 494. The predicted molar refractivity (Wildman–Crippen MR) is 83.6 cm³/mol. The molecule has 2 heterocycles. The van der Waals surface area contributed by atoms with Crippen molar-refractivity contribution in [2.45, 2.75) is 44.7 Å². The van der Waals surface area contributed by atoms with Crippen molar-refractivity contribution in [1.29, 1.82) is 0 Å². The lowest BCUT2D eigenvalue weighted by atomic mass is 9.95. The van der Waals surface area contributed by atoms with Crippen LogP contribution in [-0.4, -0.2) is 43.7 Å². The number of anilines is 1. The molecule has 0 saturated carbocycles. The fraction of sp³-hybridized carbons (Fsp3) is 0.647. The van der Waals surface area contributed by atoms with Crippen LogP contribution in [0.1, 0.15) is 32.6 Å². The molecule has 21 heavy (non-hydrogen) atoms. The molecule has 2 saturated heterocycles. The molecule has 2 unspecified atom stereocenters. The molecule has 2 atom stereocenters. The molecule has 0 N–H and O–H groups in total. The third kappa shape index (κ3) is 2.86. The smallest absolute Gasteiger partial charge is 0.145 e. The summed E-state index contributed by atoms with van der Waals surface area (Å²) in [6.45, 7) is 5.61. The van der Waals surface area contributed by atoms with E-state index in [4.69, 9.17) is 4.74 Å². The molecule has 0 radical (unpaired) electrons. The zero-order chi connectivity index (χ0) is 14.8. The van der Waals surface area contributed by atoms with E-state index in [1.54, 1.807) is 7.11 Å². The first-order valence-electron chi connectivity index (χ1n) is 8.07. The van der Waals surface area contributed by atoms with Crippen LogP contribution in [0, 0.1) is 5.82 Å². The minimum atomic E-state index is -0.236. The number of fused-ring (bicyclic) bond motifs is 1. The number of hydrogen-bond acceptors (Lipinski definition) is 3. The number of rotatable bonds is 3. The lowest BCUT2D eigenvalue weighted by Crippen LogP contribution is -2.59. The van der Waals surface area contributed by atoms with Crippen molar-refractivity contribution in [3.05, 3.63) is 24.0 Å². The number of benzene rings is 1. The summed E-state index contributed by atoms with van der Waals surface area (Å²) in [6, 6.07) is 6.03. The number of piperidine rings is 1. The van der Waals surface area contributed by atoms with Gasteiger partial charge in [-0.2, -0.15) is 0 Å². The van der Waals surface area contributed by atoms with Crippen molar-refractivity contribution in [3.63, 3.8) is 0 Å². The minimum Gasteiger partial charge on any atom is -0.494 e. The van der Waals surface area contributed by atoms with Gasteiger partial charge in [0.15, 0.2) is 0 Å². The topological polar surface area (TPSA) is 15.7 Å². The van der Waals surface area contributed by atoms with E-state index >= 15 is 0 Å². The zero-order valence-electron chi connectivity index (χ0n) is 13.0. The van der Waals surface area contributed by atoms with Gasteiger partial charge in [0.25, 0.3) is 0 Å². The van der Waals surface area contributed by atoms with Crippen LogP contribution < -0.4 is 9.64 Å². The van der Waals surface area contributed by atoms with Crippen LogP contribution in [0.2, 0.25) is 0 Å². The van der Waals surface area contributed by atoms with Crippen molar-refractivity contribution in [2.24, 2.45) is 0 Å². The van der Waals surface area contributed by atoms with Gasteiger partial charge >= 0.3 is 0 Å². The Morgan fingerprint density at radius 1 is 1.29 bits per heavy atom. The van der Waals surface area contributed by atoms with E-state index in [0.29, 0.717) is 17.8 Å². The second-order valence-electron chi connectivity index (χ2n) is 6.18. The first kappa shape index (κ1) is 14.6. The third-order valence-corrected chi connectivity index (χ3v) is 4.96. The van der Waals surface area contributed by atoms with Gasteiger partial charge in [-0.15, -0.1) is 0 Å². The first-order valence-corrected chi connectivity index (χ1v) is 8.07. The standard InChI is InChI=1S/C17H25FN2O/c1-3-14-11-19-9-5-4-6-15(19)12-20(14)16-8-7-13(18)10-17(16)21-2/h7-8,10,14-15H,3-6,9,11-12H2,1-2H3. The Morgan fingerprint density at radius 2 is 2.14 bits per heavy atom. The lowest BCUT2D eigenvalue weighted by Gasteiger charge is -2.49. The highest BCUT2D eigenvalue weighted by Crippen LogP contribution is 2.35. The molecule has 2 aliphatic rings. The van der Waals surface area contributed by atoms with Gasteiger partial charge in [0, 0.05) is 31.2 Å². The van der Waals surface area contributed by atoms with Crippen LogP contribution in [0.3, 0.4) is 0 Å². The Labute approximate surface area is 126 Å². The predicted octanol–water partition coefficient (Wildman–Crippen LogP) is 3.29. The Morgan fingerprint density at radius 3 is 2.90 bits per heavy atom. The Kier molecular flexibility index (Phi) is 4.34. The average Bonchev–Trinajstić information content (AvgIpc) is 2.53. The summed E-state index contributed by atoms with van der Waals surface area (Å²) in [6.07, 6.45) is 5.03. The van der Waals surface area contributed by atoms with E-state index < -0.39 is 0 Å². The van der Waals surface area contributed by atoms with E-state index in [-0.39, 0.29) is 5.82 Å². The van der Waals surface area contributed by atoms with Crippen LogP contribution in [0.25, 0.3) is 0 Å². The number of hydrogen-bond donors (Lipinski definition) is 0. The quantitative estimate of drug-likeness (QED) is 0.850. The molecule has 4 heteroatoms. The minimum absolute atomic E-state index is 0.236. The molecule has 1 aromatic rings. The molecule has 0 spiro atoms. The number of piperazine rings is 1. The normalized spacial score (nSPS) is 26.5. The van der Waals surface area contributed by atoms with Crippen molar-refractivity contribution >= 4 is 5.69 Å². The van der Waals surface area contributed by atoms with Crippen molar-refractivity contribution in [3.8, 4) is 5.75 Å². The summed E-state index contributed by atoms with van der Waals surface area (Å²) < 4.78 is 18.9. The number of nitrogens with zero attached hydrogens (tertiary/aromatic N) is 2. The van der Waals surface area contributed by atoms with Gasteiger partial charge in [0.1, 0.15) is 11.6 Å². The van der Waals surface area contributed by atoms with E-state index in [1.165, 1.54) is 37.9 Å². The highest BCUT2D eigenvalue weighted by molar-refractivity contribution is 5.60. The van der Waals surface area contributed by atoms with E-state index in [2.05, 4.69) is 16.7 Å². The van der Waals surface area contributed by atoms with Crippen LogP contribution in [0.5, 0.6) is 5.75 Å².